The molecule has 1 heterocycles. The van der Waals surface area contributed by atoms with Crippen LogP contribution < -0.4 is 10.9 Å². The molecule has 110 valence electrons. The molecule has 0 fully saturated rings. The van der Waals surface area contributed by atoms with Crippen molar-refractivity contribution in [3.05, 3.63) is 34.2 Å². The summed E-state index contributed by atoms with van der Waals surface area (Å²) in [5.74, 6) is -1.08. The minimum atomic E-state index is -0.927. The van der Waals surface area contributed by atoms with Crippen molar-refractivity contribution in [2.24, 2.45) is 0 Å². The molecule has 0 aromatic carbocycles. The fourth-order valence-electron chi connectivity index (χ4n) is 1.86. The van der Waals surface area contributed by atoms with Crippen molar-refractivity contribution < 1.29 is 14.7 Å². The Bertz CT molecular complexity index is 522. The van der Waals surface area contributed by atoms with E-state index in [0.29, 0.717) is 19.4 Å². The monoisotopic (exact) mass is 280 g/mol. The van der Waals surface area contributed by atoms with E-state index in [1.165, 1.54) is 6.07 Å². The number of nitrogens with one attached hydrogen (secondary N) is 1. The molecule has 1 rings (SSSR count). The number of pyridine rings is 1. The maximum atomic E-state index is 11.6. The second kappa shape index (κ2) is 8.14. The van der Waals surface area contributed by atoms with E-state index >= 15 is 0 Å². The summed E-state index contributed by atoms with van der Waals surface area (Å²) in [6.45, 7) is 2.62. The first kappa shape index (κ1) is 15.9. The Morgan fingerprint density at radius 2 is 2.00 bits per heavy atom. The largest absolute Gasteiger partial charge is 0.481 e. The third-order valence-corrected chi connectivity index (χ3v) is 2.96. The van der Waals surface area contributed by atoms with Gasteiger partial charge in [-0.1, -0.05) is 6.07 Å². The standard InChI is InChI=1S/C14H20N2O4/c1-11-5-4-7-13(18)16(11)10-3-2-6-12(17)15-9-8-14(19)20/h4-5,7H,2-3,6,8-10H2,1H3,(H,15,17)(H,19,20). The molecular formula is C14H20N2O4. The predicted octanol–water partition coefficient (Wildman–Crippen LogP) is 0.918. The quantitative estimate of drug-likeness (QED) is 0.693. The molecule has 6 heteroatoms. The molecular weight excluding hydrogens is 260 g/mol. The maximum Gasteiger partial charge on any atom is 0.305 e. The Morgan fingerprint density at radius 1 is 1.25 bits per heavy atom. The molecule has 0 spiro atoms. The van der Waals surface area contributed by atoms with Gasteiger partial charge in [0.1, 0.15) is 0 Å². The molecule has 0 aliphatic rings. The van der Waals surface area contributed by atoms with Crippen LogP contribution in [0.1, 0.15) is 31.4 Å². The molecule has 20 heavy (non-hydrogen) atoms. The number of hydrogen-bond donors (Lipinski definition) is 2. The lowest BCUT2D eigenvalue weighted by molar-refractivity contribution is -0.136. The van der Waals surface area contributed by atoms with Gasteiger partial charge in [0.25, 0.3) is 5.56 Å². The fourth-order valence-corrected chi connectivity index (χ4v) is 1.86. The van der Waals surface area contributed by atoms with Crippen LogP contribution in [0.15, 0.2) is 23.0 Å². The van der Waals surface area contributed by atoms with Crippen molar-refractivity contribution in [1.29, 1.82) is 0 Å². The van der Waals surface area contributed by atoms with Gasteiger partial charge in [0.05, 0.1) is 6.42 Å². The predicted molar refractivity (Wildman–Crippen MR) is 74.6 cm³/mol. The van der Waals surface area contributed by atoms with E-state index in [0.717, 1.165) is 12.1 Å². The number of nitrogens with zero attached hydrogens (tertiary/aromatic N) is 1. The van der Waals surface area contributed by atoms with Crippen LogP contribution in [-0.2, 0) is 16.1 Å². The van der Waals surface area contributed by atoms with E-state index < -0.39 is 5.97 Å². The average molecular weight is 280 g/mol. The van der Waals surface area contributed by atoms with Crippen LogP contribution in [0.2, 0.25) is 0 Å². The number of aryl methyl sites for hydroxylation is 1. The van der Waals surface area contributed by atoms with Crippen LogP contribution in [0.3, 0.4) is 0 Å². The summed E-state index contributed by atoms with van der Waals surface area (Å²) in [7, 11) is 0. The number of carboxylic acid groups (broad SMARTS) is 1. The highest BCUT2D eigenvalue weighted by molar-refractivity contribution is 5.76. The second-order valence-electron chi connectivity index (χ2n) is 4.61. The zero-order valence-corrected chi connectivity index (χ0v) is 11.6. The smallest absolute Gasteiger partial charge is 0.305 e. The van der Waals surface area contributed by atoms with E-state index in [4.69, 9.17) is 5.11 Å². The molecule has 0 aliphatic carbocycles. The third-order valence-electron chi connectivity index (χ3n) is 2.96. The van der Waals surface area contributed by atoms with Gasteiger partial charge in [-0.3, -0.25) is 14.4 Å². The van der Waals surface area contributed by atoms with Crippen LogP contribution in [0, 0.1) is 6.92 Å². The molecule has 1 amide bonds. The topological polar surface area (TPSA) is 88.4 Å². The van der Waals surface area contributed by atoms with Crippen molar-refractivity contribution in [3.63, 3.8) is 0 Å². The third kappa shape index (κ3) is 5.69. The first-order valence-electron chi connectivity index (χ1n) is 6.65. The van der Waals surface area contributed by atoms with E-state index in [2.05, 4.69) is 5.32 Å². The zero-order chi connectivity index (χ0) is 15.0. The summed E-state index contributed by atoms with van der Waals surface area (Å²) in [4.78, 5) is 33.3. The summed E-state index contributed by atoms with van der Waals surface area (Å²) in [5.41, 5.74) is 0.874. The van der Waals surface area contributed by atoms with E-state index in [1.807, 2.05) is 13.0 Å². The van der Waals surface area contributed by atoms with Crippen LogP contribution >= 0.6 is 0 Å². The Balaban J connectivity index is 2.23. The Morgan fingerprint density at radius 3 is 2.65 bits per heavy atom. The number of hydrogen-bond acceptors (Lipinski definition) is 3. The summed E-state index contributed by atoms with van der Waals surface area (Å²) in [5, 5.41) is 11.0. The Kier molecular flexibility index (Phi) is 6.49. The van der Waals surface area contributed by atoms with Crippen molar-refractivity contribution in [1.82, 2.24) is 9.88 Å². The number of amides is 1. The summed E-state index contributed by atoms with van der Waals surface area (Å²) in [6, 6.07) is 5.12. The summed E-state index contributed by atoms with van der Waals surface area (Å²) >= 11 is 0. The Hall–Kier alpha value is -2.11. The van der Waals surface area contributed by atoms with Crippen molar-refractivity contribution in [2.45, 2.75) is 39.2 Å². The van der Waals surface area contributed by atoms with Crippen LogP contribution in [-0.4, -0.2) is 28.1 Å². The van der Waals surface area contributed by atoms with Gasteiger partial charge in [0, 0.05) is 31.3 Å². The van der Waals surface area contributed by atoms with Gasteiger partial charge in [-0.15, -0.1) is 0 Å². The molecule has 1 aromatic rings. The fraction of sp³-hybridized carbons (Fsp3) is 0.500. The highest BCUT2D eigenvalue weighted by atomic mass is 16.4. The Labute approximate surface area is 117 Å². The minimum absolute atomic E-state index is 0.0316. The van der Waals surface area contributed by atoms with Crippen molar-refractivity contribution in [2.75, 3.05) is 6.54 Å². The van der Waals surface area contributed by atoms with Gasteiger partial charge in [-0.25, -0.2) is 0 Å². The number of aromatic nitrogens is 1. The first-order valence-corrected chi connectivity index (χ1v) is 6.65. The van der Waals surface area contributed by atoms with Gasteiger partial charge in [-0.2, -0.15) is 0 Å². The number of aliphatic carboxylic acids is 1. The number of carboxylic acids is 1. The highest BCUT2D eigenvalue weighted by Gasteiger charge is 2.03. The zero-order valence-electron chi connectivity index (χ0n) is 11.6. The van der Waals surface area contributed by atoms with E-state index in [-0.39, 0.29) is 24.4 Å². The van der Waals surface area contributed by atoms with E-state index in [1.54, 1.807) is 10.6 Å². The summed E-state index contributed by atoms with van der Waals surface area (Å²) in [6.07, 6.45) is 1.68. The molecule has 6 nitrogen and oxygen atoms in total. The number of carbonyl (C=O) groups excluding carboxylic acids is 1. The van der Waals surface area contributed by atoms with Gasteiger partial charge < -0.3 is 15.0 Å². The molecule has 0 unspecified atom stereocenters. The number of unbranched alkanes of at least 4 members (excludes halogenated alkanes) is 1. The van der Waals surface area contributed by atoms with Gasteiger partial charge in [0.2, 0.25) is 5.91 Å². The molecule has 0 saturated heterocycles. The normalized spacial score (nSPS) is 10.2. The summed E-state index contributed by atoms with van der Waals surface area (Å²) < 4.78 is 1.68. The number of rotatable bonds is 8. The minimum Gasteiger partial charge on any atom is -0.481 e. The van der Waals surface area contributed by atoms with Crippen LogP contribution in [0.4, 0.5) is 0 Å². The lowest BCUT2D eigenvalue weighted by Crippen LogP contribution is -2.26. The van der Waals surface area contributed by atoms with Crippen molar-refractivity contribution in [3.8, 4) is 0 Å². The SMILES string of the molecule is Cc1cccc(=O)n1CCCCC(=O)NCCC(=O)O. The molecule has 0 aliphatic heterocycles. The number of carbonyl (C=O) groups is 2. The molecule has 1 aromatic heterocycles. The first-order chi connectivity index (χ1) is 9.50. The molecule has 0 radical (unpaired) electrons. The average Bonchev–Trinajstić information content (AvgIpc) is 2.37. The maximum absolute atomic E-state index is 11.6. The lowest BCUT2D eigenvalue weighted by Gasteiger charge is -2.09. The molecule has 0 atom stereocenters. The van der Waals surface area contributed by atoms with Gasteiger partial charge in [0.15, 0.2) is 0 Å². The molecule has 0 saturated carbocycles. The van der Waals surface area contributed by atoms with Crippen LogP contribution in [0.25, 0.3) is 0 Å². The highest BCUT2D eigenvalue weighted by Crippen LogP contribution is 2.01. The van der Waals surface area contributed by atoms with Gasteiger partial charge >= 0.3 is 5.97 Å². The van der Waals surface area contributed by atoms with Gasteiger partial charge in [-0.05, 0) is 25.8 Å². The second-order valence-corrected chi connectivity index (χ2v) is 4.61. The van der Waals surface area contributed by atoms with Crippen LogP contribution in [0.5, 0.6) is 0 Å². The molecule has 0 bridgehead atoms. The lowest BCUT2D eigenvalue weighted by atomic mass is 10.2. The molecule has 2 N–H and O–H groups in total. The van der Waals surface area contributed by atoms with Crippen molar-refractivity contribution >= 4 is 11.9 Å². The van der Waals surface area contributed by atoms with E-state index in [9.17, 15) is 14.4 Å².